The number of aryl methyl sites for hydroxylation is 1. The van der Waals surface area contributed by atoms with Gasteiger partial charge < -0.3 is 29.7 Å². The Bertz CT molecular complexity index is 992. The monoisotopic (exact) mass is 372 g/mol. The Morgan fingerprint density at radius 2 is 1.85 bits per heavy atom. The summed E-state index contributed by atoms with van der Waals surface area (Å²) in [5.74, 6) is -0.319. The molecule has 0 saturated heterocycles. The minimum atomic E-state index is -0.787. The van der Waals surface area contributed by atoms with Gasteiger partial charge in [-0.3, -0.25) is 4.79 Å². The number of benzene rings is 1. The van der Waals surface area contributed by atoms with Gasteiger partial charge in [0.2, 0.25) is 5.88 Å². The standard InChI is InChI=1S/C19H20N2O6/c1-9-7-13-15(18(22)21-9)14(16(17(20)27-13)19(23)26-4)10-5-6-11(24-2)12(8-10)25-3/h5-8,14H,20H2,1-4H3,(H,21,22)/t14-/m1/s1. The molecule has 1 aromatic heterocycles. The number of hydrogen-bond acceptors (Lipinski definition) is 7. The molecule has 1 aliphatic heterocycles. The summed E-state index contributed by atoms with van der Waals surface area (Å²) >= 11 is 0. The van der Waals surface area contributed by atoms with Gasteiger partial charge in [0.1, 0.15) is 11.3 Å². The minimum absolute atomic E-state index is 0.0478. The van der Waals surface area contributed by atoms with E-state index in [1.165, 1.54) is 21.3 Å². The fourth-order valence-electron chi connectivity index (χ4n) is 3.18. The van der Waals surface area contributed by atoms with Crippen LogP contribution in [0.3, 0.4) is 0 Å². The smallest absolute Gasteiger partial charge is 0.340 e. The lowest BCUT2D eigenvalue weighted by atomic mass is 9.83. The quantitative estimate of drug-likeness (QED) is 0.783. The Kier molecular flexibility index (Phi) is 4.81. The number of carbonyl (C=O) groups excluding carboxylic acids is 1. The van der Waals surface area contributed by atoms with Gasteiger partial charge in [0.05, 0.1) is 32.8 Å². The molecule has 0 amide bonds. The molecule has 0 aliphatic carbocycles. The summed E-state index contributed by atoms with van der Waals surface area (Å²) in [6.45, 7) is 1.73. The molecule has 0 spiro atoms. The maximum atomic E-state index is 12.7. The number of carbonyl (C=O) groups is 1. The van der Waals surface area contributed by atoms with E-state index >= 15 is 0 Å². The van der Waals surface area contributed by atoms with E-state index < -0.39 is 11.9 Å². The molecule has 2 aromatic rings. The summed E-state index contributed by atoms with van der Waals surface area (Å²) in [5, 5.41) is 0. The molecule has 3 N–H and O–H groups in total. The van der Waals surface area contributed by atoms with Gasteiger partial charge in [-0.15, -0.1) is 0 Å². The van der Waals surface area contributed by atoms with Crippen molar-refractivity contribution in [1.82, 2.24) is 4.98 Å². The van der Waals surface area contributed by atoms with Crippen molar-refractivity contribution in [2.45, 2.75) is 12.8 Å². The Morgan fingerprint density at radius 3 is 2.48 bits per heavy atom. The van der Waals surface area contributed by atoms with E-state index in [4.69, 9.17) is 24.7 Å². The molecule has 0 saturated carbocycles. The summed E-state index contributed by atoms with van der Waals surface area (Å²) in [4.78, 5) is 27.9. The molecule has 0 unspecified atom stereocenters. The van der Waals surface area contributed by atoms with E-state index in [9.17, 15) is 9.59 Å². The van der Waals surface area contributed by atoms with Crippen molar-refractivity contribution in [3.05, 3.63) is 62.9 Å². The number of H-pyrrole nitrogens is 1. The highest BCUT2D eigenvalue weighted by atomic mass is 16.5. The average molecular weight is 372 g/mol. The summed E-state index contributed by atoms with van der Waals surface area (Å²) in [5.41, 5.74) is 7.17. The number of nitrogens with one attached hydrogen (secondary N) is 1. The zero-order valence-electron chi connectivity index (χ0n) is 15.4. The molecule has 1 aromatic carbocycles. The molecule has 0 bridgehead atoms. The van der Waals surface area contributed by atoms with Crippen LogP contribution in [0.5, 0.6) is 17.2 Å². The molecular formula is C19H20N2O6. The highest BCUT2D eigenvalue weighted by Gasteiger charge is 2.37. The number of rotatable bonds is 4. The molecule has 1 atom stereocenters. The first-order valence-corrected chi connectivity index (χ1v) is 8.12. The molecule has 27 heavy (non-hydrogen) atoms. The third-order valence-electron chi connectivity index (χ3n) is 4.38. The normalized spacial score (nSPS) is 15.6. The molecule has 2 heterocycles. The fraction of sp³-hybridized carbons (Fsp3) is 0.263. The van der Waals surface area contributed by atoms with Crippen molar-refractivity contribution >= 4 is 5.97 Å². The molecular weight excluding hydrogens is 352 g/mol. The van der Waals surface area contributed by atoms with Gasteiger partial charge in [-0.25, -0.2) is 4.79 Å². The third kappa shape index (κ3) is 3.10. The topological polar surface area (TPSA) is 113 Å². The number of methoxy groups -OCH3 is 3. The van der Waals surface area contributed by atoms with Gasteiger partial charge in [0.15, 0.2) is 11.5 Å². The zero-order chi connectivity index (χ0) is 19.7. The molecule has 8 nitrogen and oxygen atoms in total. The Balaban J connectivity index is 2.30. The van der Waals surface area contributed by atoms with Gasteiger partial charge >= 0.3 is 5.97 Å². The summed E-state index contributed by atoms with van der Waals surface area (Å²) in [6, 6.07) is 6.77. The van der Waals surface area contributed by atoms with Crippen molar-refractivity contribution in [3.63, 3.8) is 0 Å². The maximum absolute atomic E-state index is 12.7. The highest BCUT2D eigenvalue weighted by Crippen LogP contribution is 2.43. The number of fused-ring (bicyclic) bond motifs is 1. The van der Waals surface area contributed by atoms with Crippen LogP contribution in [-0.4, -0.2) is 32.3 Å². The van der Waals surface area contributed by atoms with Gasteiger partial charge in [-0.2, -0.15) is 0 Å². The van der Waals surface area contributed by atoms with E-state index in [2.05, 4.69) is 4.98 Å². The molecule has 142 valence electrons. The Labute approximate surface area is 155 Å². The number of ether oxygens (including phenoxy) is 4. The molecule has 1 aliphatic rings. The maximum Gasteiger partial charge on any atom is 0.340 e. The summed E-state index contributed by atoms with van der Waals surface area (Å²) in [7, 11) is 4.26. The van der Waals surface area contributed by atoms with Gasteiger partial charge in [0.25, 0.3) is 5.56 Å². The van der Waals surface area contributed by atoms with Crippen LogP contribution in [0.25, 0.3) is 0 Å². The minimum Gasteiger partial charge on any atom is -0.493 e. The van der Waals surface area contributed by atoms with Gasteiger partial charge in [-0.1, -0.05) is 6.07 Å². The predicted molar refractivity (Wildman–Crippen MR) is 97.0 cm³/mol. The van der Waals surface area contributed by atoms with E-state index in [-0.39, 0.29) is 22.6 Å². The number of pyridine rings is 1. The lowest BCUT2D eigenvalue weighted by Crippen LogP contribution is -2.31. The van der Waals surface area contributed by atoms with Crippen LogP contribution >= 0.6 is 0 Å². The number of aromatic amines is 1. The highest BCUT2D eigenvalue weighted by molar-refractivity contribution is 5.92. The largest absolute Gasteiger partial charge is 0.493 e. The Morgan fingerprint density at radius 1 is 1.15 bits per heavy atom. The van der Waals surface area contributed by atoms with Crippen molar-refractivity contribution in [3.8, 4) is 17.2 Å². The van der Waals surface area contributed by atoms with Crippen LogP contribution in [0.2, 0.25) is 0 Å². The average Bonchev–Trinajstić information content (AvgIpc) is 2.65. The van der Waals surface area contributed by atoms with Crippen molar-refractivity contribution in [2.75, 3.05) is 21.3 Å². The van der Waals surface area contributed by atoms with E-state index in [1.54, 1.807) is 31.2 Å². The summed E-state index contributed by atoms with van der Waals surface area (Å²) in [6.07, 6.45) is 0. The molecule has 0 fully saturated rings. The van der Waals surface area contributed by atoms with Crippen molar-refractivity contribution < 1.29 is 23.7 Å². The van der Waals surface area contributed by atoms with E-state index in [1.807, 2.05) is 0 Å². The van der Waals surface area contributed by atoms with Crippen molar-refractivity contribution in [2.24, 2.45) is 5.73 Å². The molecule has 0 radical (unpaired) electrons. The molecule has 3 rings (SSSR count). The van der Waals surface area contributed by atoms with Crippen LogP contribution in [0.1, 0.15) is 22.7 Å². The van der Waals surface area contributed by atoms with Crippen LogP contribution < -0.4 is 25.5 Å². The van der Waals surface area contributed by atoms with E-state index in [0.29, 0.717) is 28.5 Å². The van der Waals surface area contributed by atoms with Crippen molar-refractivity contribution in [1.29, 1.82) is 0 Å². The number of hydrogen-bond donors (Lipinski definition) is 2. The predicted octanol–water partition coefficient (Wildman–Crippen LogP) is 1.57. The fourth-order valence-corrected chi connectivity index (χ4v) is 3.18. The second kappa shape index (κ2) is 7.06. The lowest BCUT2D eigenvalue weighted by Gasteiger charge is -2.28. The van der Waals surface area contributed by atoms with Crippen LogP contribution in [0.4, 0.5) is 0 Å². The van der Waals surface area contributed by atoms with Gasteiger partial charge in [0, 0.05) is 11.8 Å². The Hall–Kier alpha value is -3.42. The first-order chi connectivity index (χ1) is 12.9. The molecule has 8 heteroatoms. The number of aromatic nitrogens is 1. The SMILES string of the molecule is COC(=O)C1=C(N)Oc2cc(C)[nH]c(=O)c2[C@H]1c1ccc(OC)c(OC)c1. The number of nitrogens with two attached hydrogens (primary N) is 1. The summed E-state index contributed by atoms with van der Waals surface area (Å²) < 4.78 is 21.0. The van der Waals surface area contributed by atoms with Crippen LogP contribution in [0.15, 0.2) is 40.5 Å². The first kappa shape index (κ1) is 18.4. The van der Waals surface area contributed by atoms with Crippen LogP contribution in [-0.2, 0) is 9.53 Å². The lowest BCUT2D eigenvalue weighted by molar-refractivity contribution is -0.136. The second-order valence-corrected chi connectivity index (χ2v) is 5.98. The first-order valence-electron chi connectivity index (χ1n) is 8.12. The third-order valence-corrected chi connectivity index (χ3v) is 4.38. The van der Waals surface area contributed by atoms with Crippen LogP contribution in [0, 0.1) is 6.92 Å². The zero-order valence-corrected chi connectivity index (χ0v) is 15.4. The second-order valence-electron chi connectivity index (χ2n) is 5.98. The van der Waals surface area contributed by atoms with Gasteiger partial charge in [-0.05, 0) is 24.6 Å². The van der Waals surface area contributed by atoms with E-state index in [0.717, 1.165) is 0 Å². The number of esters is 1.